The number of unbranched alkanes of at least 4 members (excludes halogenated alkanes) is 12. The molecule has 0 aliphatic carbocycles. The number of rotatable bonds is 17. The van der Waals surface area contributed by atoms with E-state index in [1.807, 2.05) is 0 Å². The SMILES string of the molecule is CCCCCCCCCCCCCCCC(=O)C(O)(CO)CS. The van der Waals surface area contributed by atoms with E-state index in [0.29, 0.717) is 6.42 Å². The minimum atomic E-state index is -1.64. The van der Waals surface area contributed by atoms with Crippen LogP contribution in [0.4, 0.5) is 0 Å². The molecular formula is C19H38O3S. The van der Waals surface area contributed by atoms with Gasteiger partial charge >= 0.3 is 0 Å². The molecular weight excluding hydrogens is 308 g/mol. The van der Waals surface area contributed by atoms with Crippen molar-refractivity contribution in [2.45, 2.75) is 102 Å². The lowest BCUT2D eigenvalue weighted by Gasteiger charge is -2.21. The van der Waals surface area contributed by atoms with Crippen LogP contribution < -0.4 is 0 Å². The van der Waals surface area contributed by atoms with Crippen LogP contribution in [-0.4, -0.2) is 34.0 Å². The zero-order chi connectivity index (χ0) is 17.4. The first-order valence-corrected chi connectivity index (χ1v) is 10.2. The summed E-state index contributed by atoms with van der Waals surface area (Å²) in [6, 6.07) is 0. The number of carbonyl (C=O) groups is 1. The molecule has 0 rings (SSSR count). The van der Waals surface area contributed by atoms with Gasteiger partial charge in [-0.2, -0.15) is 12.6 Å². The summed E-state index contributed by atoms with van der Waals surface area (Å²) in [5, 5.41) is 18.9. The molecule has 0 amide bonds. The molecule has 138 valence electrons. The predicted octanol–water partition coefficient (Wildman–Crippen LogP) is 4.69. The average molecular weight is 347 g/mol. The van der Waals surface area contributed by atoms with Crippen molar-refractivity contribution in [2.75, 3.05) is 12.4 Å². The molecule has 0 aromatic carbocycles. The number of Topliss-reactive ketones (excluding diaryl/α,β-unsaturated/α-hetero) is 1. The Morgan fingerprint density at radius 2 is 1.22 bits per heavy atom. The fourth-order valence-corrected chi connectivity index (χ4v) is 3.04. The van der Waals surface area contributed by atoms with Crippen molar-refractivity contribution in [3.05, 3.63) is 0 Å². The zero-order valence-electron chi connectivity index (χ0n) is 15.1. The number of thiol groups is 1. The van der Waals surface area contributed by atoms with E-state index in [0.717, 1.165) is 19.3 Å². The first kappa shape index (κ1) is 22.9. The molecule has 0 aromatic heterocycles. The van der Waals surface area contributed by atoms with Gasteiger partial charge in [-0.3, -0.25) is 4.79 Å². The number of hydrogen-bond donors (Lipinski definition) is 3. The fraction of sp³-hybridized carbons (Fsp3) is 0.947. The van der Waals surface area contributed by atoms with E-state index in [-0.39, 0.29) is 11.5 Å². The highest BCUT2D eigenvalue weighted by atomic mass is 32.1. The average Bonchev–Trinajstić information content (AvgIpc) is 2.58. The standard InChI is InChI=1S/C19H38O3S/c1-2-3-4-5-6-7-8-9-10-11-12-13-14-15-18(21)19(22,16-20)17-23/h20,22-23H,2-17H2,1H3. The molecule has 1 unspecified atom stereocenters. The molecule has 0 heterocycles. The lowest BCUT2D eigenvalue weighted by atomic mass is 9.96. The van der Waals surface area contributed by atoms with E-state index >= 15 is 0 Å². The molecule has 0 saturated carbocycles. The molecule has 0 aliphatic heterocycles. The van der Waals surface area contributed by atoms with E-state index < -0.39 is 12.2 Å². The molecule has 0 aromatic rings. The summed E-state index contributed by atoms with van der Waals surface area (Å²) in [6.45, 7) is 1.72. The van der Waals surface area contributed by atoms with Gasteiger partial charge in [-0.15, -0.1) is 0 Å². The Kier molecular flexibility index (Phi) is 15.4. The van der Waals surface area contributed by atoms with Crippen molar-refractivity contribution < 1.29 is 15.0 Å². The second-order valence-electron chi connectivity index (χ2n) is 6.76. The summed E-state index contributed by atoms with van der Waals surface area (Å²) in [7, 11) is 0. The van der Waals surface area contributed by atoms with Gasteiger partial charge in [0, 0.05) is 12.2 Å². The molecule has 0 radical (unpaired) electrons. The van der Waals surface area contributed by atoms with Crippen LogP contribution in [0.15, 0.2) is 0 Å². The fourth-order valence-electron chi connectivity index (χ4n) is 2.76. The second-order valence-corrected chi connectivity index (χ2v) is 7.08. The van der Waals surface area contributed by atoms with Gasteiger partial charge in [0.2, 0.25) is 0 Å². The summed E-state index contributed by atoms with van der Waals surface area (Å²) >= 11 is 3.93. The monoisotopic (exact) mass is 346 g/mol. The van der Waals surface area contributed by atoms with Gasteiger partial charge in [0.15, 0.2) is 11.4 Å². The Labute approximate surface area is 148 Å². The first-order chi connectivity index (χ1) is 11.1. The first-order valence-electron chi connectivity index (χ1n) is 9.58. The quantitative estimate of drug-likeness (QED) is 0.264. The van der Waals surface area contributed by atoms with Crippen LogP contribution in [0, 0.1) is 0 Å². The van der Waals surface area contributed by atoms with E-state index in [4.69, 9.17) is 5.11 Å². The van der Waals surface area contributed by atoms with Gasteiger partial charge in [0.25, 0.3) is 0 Å². The predicted molar refractivity (Wildman–Crippen MR) is 101 cm³/mol. The highest BCUT2D eigenvalue weighted by molar-refractivity contribution is 7.80. The van der Waals surface area contributed by atoms with E-state index in [1.54, 1.807) is 0 Å². The van der Waals surface area contributed by atoms with Crippen LogP contribution in [0.1, 0.15) is 96.8 Å². The summed E-state index contributed by atoms with van der Waals surface area (Å²) in [6.07, 6.45) is 16.8. The highest BCUT2D eigenvalue weighted by Gasteiger charge is 2.32. The molecule has 3 nitrogen and oxygen atoms in total. The van der Waals surface area contributed by atoms with Crippen molar-refractivity contribution in [1.82, 2.24) is 0 Å². The molecule has 0 fully saturated rings. The summed E-state index contributed by atoms with van der Waals surface area (Å²) in [4.78, 5) is 11.8. The molecule has 23 heavy (non-hydrogen) atoms. The Hall–Kier alpha value is -0.0600. The molecule has 1 atom stereocenters. The molecule has 0 spiro atoms. The van der Waals surface area contributed by atoms with Crippen LogP contribution in [0.5, 0.6) is 0 Å². The topological polar surface area (TPSA) is 57.5 Å². The molecule has 2 N–H and O–H groups in total. The van der Waals surface area contributed by atoms with Crippen LogP contribution in [0.3, 0.4) is 0 Å². The number of hydrogen-bond acceptors (Lipinski definition) is 4. The Morgan fingerprint density at radius 3 is 1.57 bits per heavy atom. The zero-order valence-corrected chi connectivity index (χ0v) is 16.0. The summed E-state index contributed by atoms with van der Waals surface area (Å²) < 4.78 is 0. The van der Waals surface area contributed by atoms with E-state index in [1.165, 1.54) is 64.2 Å². The molecule has 0 bridgehead atoms. The van der Waals surface area contributed by atoms with Gasteiger partial charge in [-0.1, -0.05) is 84.0 Å². The Balaban J connectivity index is 3.32. The highest BCUT2D eigenvalue weighted by Crippen LogP contribution is 2.15. The Morgan fingerprint density at radius 1 is 0.826 bits per heavy atom. The van der Waals surface area contributed by atoms with Crippen molar-refractivity contribution in [2.24, 2.45) is 0 Å². The number of aliphatic hydroxyl groups excluding tert-OH is 1. The van der Waals surface area contributed by atoms with Crippen LogP contribution in [0.25, 0.3) is 0 Å². The van der Waals surface area contributed by atoms with Gasteiger partial charge in [-0.05, 0) is 6.42 Å². The number of carbonyl (C=O) groups excluding carboxylic acids is 1. The maximum atomic E-state index is 11.8. The third-order valence-corrected chi connectivity index (χ3v) is 5.07. The van der Waals surface area contributed by atoms with Crippen LogP contribution in [-0.2, 0) is 4.79 Å². The smallest absolute Gasteiger partial charge is 0.167 e. The molecule has 4 heteroatoms. The third-order valence-electron chi connectivity index (χ3n) is 4.55. The molecule has 0 saturated heterocycles. The van der Waals surface area contributed by atoms with Crippen molar-refractivity contribution in [3.63, 3.8) is 0 Å². The van der Waals surface area contributed by atoms with Crippen molar-refractivity contribution in [3.8, 4) is 0 Å². The second kappa shape index (κ2) is 15.5. The van der Waals surface area contributed by atoms with Crippen LogP contribution in [0.2, 0.25) is 0 Å². The maximum Gasteiger partial charge on any atom is 0.167 e. The molecule has 0 aliphatic rings. The van der Waals surface area contributed by atoms with Crippen LogP contribution >= 0.6 is 12.6 Å². The van der Waals surface area contributed by atoms with E-state index in [9.17, 15) is 9.90 Å². The van der Waals surface area contributed by atoms with Gasteiger partial charge in [0.1, 0.15) is 0 Å². The number of aliphatic hydroxyl groups is 2. The maximum absolute atomic E-state index is 11.8. The summed E-state index contributed by atoms with van der Waals surface area (Å²) in [5.41, 5.74) is -1.64. The van der Waals surface area contributed by atoms with Gasteiger partial charge in [-0.25, -0.2) is 0 Å². The Bertz CT molecular complexity index is 278. The van der Waals surface area contributed by atoms with Gasteiger partial charge in [0.05, 0.1) is 6.61 Å². The third kappa shape index (κ3) is 12.0. The summed E-state index contributed by atoms with van der Waals surface area (Å²) in [5.74, 6) is -0.293. The number of ketones is 1. The largest absolute Gasteiger partial charge is 0.393 e. The normalized spacial score (nSPS) is 13.9. The lowest BCUT2D eigenvalue weighted by molar-refractivity contribution is -0.138. The van der Waals surface area contributed by atoms with E-state index in [2.05, 4.69) is 19.6 Å². The van der Waals surface area contributed by atoms with Crippen molar-refractivity contribution >= 4 is 18.4 Å². The lowest BCUT2D eigenvalue weighted by Crippen LogP contribution is -2.44. The minimum Gasteiger partial charge on any atom is -0.393 e. The van der Waals surface area contributed by atoms with Gasteiger partial charge < -0.3 is 10.2 Å². The van der Waals surface area contributed by atoms with Crippen molar-refractivity contribution in [1.29, 1.82) is 0 Å². The minimum absolute atomic E-state index is 0.0131.